The van der Waals surface area contributed by atoms with E-state index >= 15 is 0 Å². The maximum atomic E-state index is 10.9. The molecule has 0 heterocycles. The largest absolute Gasteiger partial charge is 0.292 e. The van der Waals surface area contributed by atoms with Gasteiger partial charge in [-0.1, -0.05) is 36.8 Å². The van der Waals surface area contributed by atoms with Gasteiger partial charge in [0.25, 0.3) is 0 Å². The van der Waals surface area contributed by atoms with Crippen LogP contribution in [0.15, 0.2) is 30.3 Å². The minimum atomic E-state index is -0.0182. The number of carbonyl (C=O) groups is 1. The molecule has 2 atom stereocenters. The van der Waals surface area contributed by atoms with Crippen molar-refractivity contribution in [3.8, 4) is 0 Å². The first-order chi connectivity index (χ1) is 8.25. The Bertz CT molecular complexity index is 364. The van der Waals surface area contributed by atoms with Gasteiger partial charge in [0.2, 0.25) is 5.91 Å². The van der Waals surface area contributed by atoms with E-state index in [4.69, 9.17) is 0 Å². The first kappa shape index (κ1) is 12.1. The molecule has 2 N–H and O–H groups in total. The third kappa shape index (κ3) is 3.56. The van der Waals surface area contributed by atoms with E-state index in [1.165, 1.54) is 25.3 Å². The minimum absolute atomic E-state index is 0.0182. The van der Waals surface area contributed by atoms with E-state index in [1.807, 2.05) is 6.07 Å². The molecule has 1 amide bonds. The highest BCUT2D eigenvalue weighted by Gasteiger charge is 2.27. The Morgan fingerprint density at radius 2 is 2.06 bits per heavy atom. The molecule has 1 aromatic carbocycles. The predicted molar refractivity (Wildman–Crippen MR) is 68.2 cm³/mol. The highest BCUT2D eigenvalue weighted by molar-refractivity contribution is 5.72. The van der Waals surface area contributed by atoms with Crippen LogP contribution in [0.3, 0.4) is 0 Å². The van der Waals surface area contributed by atoms with Crippen LogP contribution in [0.2, 0.25) is 0 Å². The van der Waals surface area contributed by atoms with Gasteiger partial charge < -0.3 is 0 Å². The number of carbonyl (C=O) groups excluding carboxylic acids is 1. The molecule has 3 nitrogen and oxygen atoms in total. The molecule has 3 heteroatoms. The Morgan fingerprint density at radius 1 is 1.29 bits per heavy atom. The Kier molecular flexibility index (Phi) is 4.15. The van der Waals surface area contributed by atoms with E-state index in [2.05, 4.69) is 35.1 Å². The molecule has 0 unspecified atom stereocenters. The van der Waals surface area contributed by atoms with Crippen LogP contribution in [0.5, 0.6) is 0 Å². The summed E-state index contributed by atoms with van der Waals surface area (Å²) in [5, 5.41) is 0. The van der Waals surface area contributed by atoms with Gasteiger partial charge in [-0.05, 0) is 30.7 Å². The number of benzene rings is 1. The van der Waals surface area contributed by atoms with Gasteiger partial charge in [-0.15, -0.1) is 0 Å². The van der Waals surface area contributed by atoms with Crippen LogP contribution in [0.4, 0.5) is 0 Å². The molecule has 0 saturated heterocycles. The number of nitrogens with one attached hydrogen (secondary N) is 2. The predicted octanol–water partition coefficient (Wildman–Crippen LogP) is 2.04. The lowest BCUT2D eigenvalue weighted by Gasteiger charge is -2.21. The summed E-state index contributed by atoms with van der Waals surface area (Å²) in [4.78, 5) is 10.9. The van der Waals surface area contributed by atoms with E-state index in [9.17, 15) is 4.79 Å². The first-order valence-corrected chi connectivity index (χ1v) is 6.32. The molecular weight excluding hydrogens is 212 g/mol. The third-order valence-electron chi connectivity index (χ3n) is 3.43. The van der Waals surface area contributed by atoms with Crippen molar-refractivity contribution >= 4 is 5.91 Å². The topological polar surface area (TPSA) is 41.1 Å². The smallest absolute Gasteiger partial charge is 0.230 e. The monoisotopic (exact) mass is 232 g/mol. The summed E-state index contributed by atoms with van der Waals surface area (Å²) >= 11 is 0. The normalized spacial score (nSPS) is 23.6. The summed E-state index contributed by atoms with van der Waals surface area (Å²) in [6, 6.07) is 11.0. The zero-order chi connectivity index (χ0) is 12.1. The van der Waals surface area contributed by atoms with Gasteiger partial charge in [0.1, 0.15) is 0 Å². The molecule has 1 aliphatic rings. The van der Waals surface area contributed by atoms with Crippen LogP contribution in [-0.4, -0.2) is 11.9 Å². The van der Waals surface area contributed by atoms with Crippen molar-refractivity contribution in [3.05, 3.63) is 35.9 Å². The van der Waals surface area contributed by atoms with Crippen LogP contribution < -0.4 is 10.9 Å². The summed E-state index contributed by atoms with van der Waals surface area (Å²) in [5.41, 5.74) is 7.25. The van der Waals surface area contributed by atoms with Crippen molar-refractivity contribution in [1.82, 2.24) is 10.9 Å². The van der Waals surface area contributed by atoms with Gasteiger partial charge in [0.15, 0.2) is 0 Å². The zero-order valence-corrected chi connectivity index (χ0v) is 10.3. The van der Waals surface area contributed by atoms with Crippen LogP contribution in [0, 0.1) is 5.92 Å². The lowest BCUT2D eigenvalue weighted by Crippen LogP contribution is -2.45. The van der Waals surface area contributed by atoms with Crippen molar-refractivity contribution in [2.75, 3.05) is 0 Å². The van der Waals surface area contributed by atoms with Crippen LogP contribution in [0.1, 0.15) is 31.7 Å². The summed E-state index contributed by atoms with van der Waals surface area (Å²) in [7, 11) is 0. The fraction of sp³-hybridized carbons (Fsp3) is 0.500. The Balaban J connectivity index is 1.89. The van der Waals surface area contributed by atoms with Crippen molar-refractivity contribution in [2.24, 2.45) is 5.92 Å². The zero-order valence-electron chi connectivity index (χ0n) is 10.3. The second kappa shape index (κ2) is 5.82. The van der Waals surface area contributed by atoms with Gasteiger partial charge in [-0.2, -0.15) is 0 Å². The fourth-order valence-corrected chi connectivity index (χ4v) is 2.58. The number of amides is 1. The van der Waals surface area contributed by atoms with Gasteiger partial charge in [0.05, 0.1) is 0 Å². The Labute approximate surface area is 103 Å². The first-order valence-electron chi connectivity index (χ1n) is 6.32. The van der Waals surface area contributed by atoms with Crippen LogP contribution >= 0.6 is 0 Å². The molecule has 92 valence electrons. The molecule has 1 fully saturated rings. The molecule has 0 aromatic heterocycles. The number of rotatable bonds is 4. The third-order valence-corrected chi connectivity index (χ3v) is 3.43. The van der Waals surface area contributed by atoms with Crippen molar-refractivity contribution in [1.29, 1.82) is 0 Å². The van der Waals surface area contributed by atoms with E-state index in [1.54, 1.807) is 0 Å². The molecule has 1 aliphatic carbocycles. The Hall–Kier alpha value is -1.35. The average Bonchev–Trinajstić information content (AvgIpc) is 2.75. The summed E-state index contributed by atoms with van der Waals surface area (Å²) < 4.78 is 0. The van der Waals surface area contributed by atoms with Crippen molar-refractivity contribution in [3.63, 3.8) is 0 Å². The number of hydrogen-bond acceptors (Lipinski definition) is 2. The van der Waals surface area contributed by atoms with Gasteiger partial charge in [-0.3, -0.25) is 10.2 Å². The summed E-state index contributed by atoms with van der Waals surface area (Å²) in [5.74, 6) is 0.611. The van der Waals surface area contributed by atoms with Crippen LogP contribution in [0.25, 0.3) is 0 Å². The van der Waals surface area contributed by atoms with Gasteiger partial charge >= 0.3 is 0 Å². The second-order valence-corrected chi connectivity index (χ2v) is 4.81. The average molecular weight is 232 g/mol. The van der Waals surface area contributed by atoms with E-state index in [0.29, 0.717) is 12.0 Å². The number of hydrazine groups is 1. The maximum absolute atomic E-state index is 10.9. The Morgan fingerprint density at radius 3 is 2.76 bits per heavy atom. The maximum Gasteiger partial charge on any atom is 0.230 e. The highest BCUT2D eigenvalue weighted by atomic mass is 16.2. The molecule has 0 bridgehead atoms. The van der Waals surface area contributed by atoms with E-state index < -0.39 is 0 Å². The van der Waals surface area contributed by atoms with Crippen LogP contribution in [-0.2, 0) is 11.2 Å². The van der Waals surface area contributed by atoms with E-state index in [-0.39, 0.29) is 5.91 Å². The summed E-state index contributed by atoms with van der Waals surface area (Å²) in [6.07, 6.45) is 4.73. The molecule has 17 heavy (non-hydrogen) atoms. The lowest BCUT2D eigenvalue weighted by atomic mass is 9.95. The molecule has 0 aliphatic heterocycles. The minimum Gasteiger partial charge on any atom is -0.292 e. The SMILES string of the molecule is CC(=O)NN[C@H]1CCC[C@H]1Cc1ccccc1. The molecule has 1 saturated carbocycles. The van der Waals surface area contributed by atoms with Crippen molar-refractivity contribution in [2.45, 2.75) is 38.6 Å². The molecule has 1 aromatic rings. The lowest BCUT2D eigenvalue weighted by molar-refractivity contribution is -0.120. The van der Waals surface area contributed by atoms with Crippen molar-refractivity contribution < 1.29 is 4.79 Å². The quantitative estimate of drug-likeness (QED) is 0.780. The fourth-order valence-electron chi connectivity index (χ4n) is 2.58. The summed E-state index contributed by atoms with van der Waals surface area (Å²) in [6.45, 7) is 1.54. The molecule has 0 spiro atoms. The molecule has 0 radical (unpaired) electrons. The van der Waals surface area contributed by atoms with Gasteiger partial charge in [0, 0.05) is 13.0 Å². The second-order valence-electron chi connectivity index (χ2n) is 4.81. The number of hydrogen-bond donors (Lipinski definition) is 2. The molecule has 2 rings (SSSR count). The highest BCUT2D eigenvalue weighted by Crippen LogP contribution is 2.28. The van der Waals surface area contributed by atoms with Gasteiger partial charge in [-0.25, -0.2) is 5.43 Å². The standard InChI is InChI=1S/C14H20N2O/c1-11(17)15-16-14-9-5-8-13(14)10-12-6-3-2-4-7-12/h2-4,6-7,13-14,16H,5,8-10H2,1H3,(H,15,17)/t13-,14-/m0/s1. The van der Waals surface area contributed by atoms with E-state index in [0.717, 1.165) is 12.8 Å². The molecular formula is C14H20N2O.